The van der Waals surface area contributed by atoms with E-state index in [0.29, 0.717) is 16.3 Å². The van der Waals surface area contributed by atoms with Gasteiger partial charge in [-0.2, -0.15) is 0 Å². The lowest BCUT2D eigenvalue weighted by Crippen LogP contribution is -2.35. The average molecular weight is 395 g/mol. The molecule has 8 heteroatoms. The van der Waals surface area contributed by atoms with Gasteiger partial charge in [-0.15, -0.1) is 0 Å². The third kappa shape index (κ3) is 5.75. The van der Waals surface area contributed by atoms with Gasteiger partial charge in [-0.3, -0.25) is 14.4 Å². The predicted octanol–water partition coefficient (Wildman–Crippen LogP) is 3.29. The minimum absolute atomic E-state index is 0.263. The molecule has 0 unspecified atom stereocenters. The molecule has 0 fully saturated rings. The molecule has 2 aromatic rings. The number of anilines is 1. The maximum atomic E-state index is 12.1. The quantitative estimate of drug-likeness (QED) is 0.736. The van der Waals surface area contributed by atoms with Gasteiger partial charge in [0.25, 0.3) is 11.8 Å². The van der Waals surface area contributed by atoms with Crippen molar-refractivity contribution in [2.24, 2.45) is 0 Å². The first kappa shape index (κ1) is 19.8. The summed E-state index contributed by atoms with van der Waals surface area (Å²) in [5.74, 6) is -1.70. The molecule has 0 aromatic heterocycles. The number of halogens is 2. The Morgan fingerprint density at radius 1 is 1.08 bits per heavy atom. The highest BCUT2D eigenvalue weighted by molar-refractivity contribution is 6.36. The van der Waals surface area contributed by atoms with Crippen LogP contribution in [0.1, 0.15) is 17.3 Å². The number of nitrogens with one attached hydrogen (secondary N) is 2. The fourth-order valence-electron chi connectivity index (χ4n) is 1.96. The van der Waals surface area contributed by atoms with Gasteiger partial charge in [0, 0.05) is 10.6 Å². The SMILES string of the molecule is C[C@H](OC(=O)CNC(=O)c1ccccc1)C(=O)Nc1ccc(Cl)cc1Cl. The molecular weight excluding hydrogens is 379 g/mol. The lowest BCUT2D eigenvalue weighted by atomic mass is 10.2. The largest absolute Gasteiger partial charge is 0.451 e. The number of carbonyl (C=O) groups is 3. The van der Waals surface area contributed by atoms with Gasteiger partial charge in [-0.25, -0.2) is 0 Å². The Hall–Kier alpha value is -2.57. The highest BCUT2D eigenvalue weighted by Gasteiger charge is 2.19. The summed E-state index contributed by atoms with van der Waals surface area (Å²) in [7, 11) is 0. The first-order valence-corrected chi connectivity index (χ1v) is 8.41. The predicted molar refractivity (Wildman–Crippen MR) is 99.4 cm³/mol. The van der Waals surface area contributed by atoms with Crippen LogP contribution in [0.4, 0.5) is 5.69 Å². The third-order valence-electron chi connectivity index (χ3n) is 3.30. The summed E-state index contributed by atoms with van der Waals surface area (Å²) in [6, 6.07) is 13.0. The minimum atomic E-state index is -1.07. The number of esters is 1. The molecule has 6 nitrogen and oxygen atoms in total. The zero-order chi connectivity index (χ0) is 19.1. The summed E-state index contributed by atoms with van der Waals surface area (Å²) in [6.45, 7) is 1.06. The van der Waals surface area contributed by atoms with Crippen molar-refractivity contribution in [2.45, 2.75) is 13.0 Å². The molecule has 0 spiro atoms. The van der Waals surface area contributed by atoms with Crippen molar-refractivity contribution in [2.75, 3.05) is 11.9 Å². The highest BCUT2D eigenvalue weighted by Crippen LogP contribution is 2.25. The lowest BCUT2D eigenvalue weighted by Gasteiger charge is -2.14. The molecule has 2 aromatic carbocycles. The van der Waals surface area contributed by atoms with E-state index in [4.69, 9.17) is 27.9 Å². The van der Waals surface area contributed by atoms with Gasteiger partial charge in [0.05, 0.1) is 10.7 Å². The number of hydrogen-bond donors (Lipinski definition) is 2. The minimum Gasteiger partial charge on any atom is -0.451 e. The Kier molecular flexibility index (Phi) is 7.00. The van der Waals surface area contributed by atoms with Crippen LogP contribution in [0.25, 0.3) is 0 Å². The molecule has 1 atom stereocenters. The topological polar surface area (TPSA) is 84.5 Å². The van der Waals surface area contributed by atoms with E-state index >= 15 is 0 Å². The molecule has 0 aliphatic carbocycles. The van der Waals surface area contributed by atoms with Crippen molar-refractivity contribution < 1.29 is 19.1 Å². The summed E-state index contributed by atoms with van der Waals surface area (Å²) in [5.41, 5.74) is 0.768. The number of benzene rings is 2. The van der Waals surface area contributed by atoms with Crippen LogP contribution >= 0.6 is 23.2 Å². The van der Waals surface area contributed by atoms with Crippen molar-refractivity contribution in [3.8, 4) is 0 Å². The molecule has 0 aliphatic rings. The van der Waals surface area contributed by atoms with Gasteiger partial charge < -0.3 is 15.4 Å². The molecule has 0 radical (unpaired) electrons. The Morgan fingerprint density at radius 2 is 1.77 bits per heavy atom. The summed E-state index contributed by atoms with van der Waals surface area (Å²) in [4.78, 5) is 35.7. The zero-order valence-electron chi connectivity index (χ0n) is 13.8. The van der Waals surface area contributed by atoms with Gasteiger partial charge in [-0.05, 0) is 37.3 Å². The van der Waals surface area contributed by atoms with Crippen molar-refractivity contribution in [3.63, 3.8) is 0 Å². The molecule has 0 heterocycles. The van der Waals surface area contributed by atoms with Crippen molar-refractivity contribution >= 4 is 46.7 Å². The van der Waals surface area contributed by atoms with E-state index < -0.39 is 23.9 Å². The van der Waals surface area contributed by atoms with E-state index in [1.165, 1.54) is 19.1 Å². The summed E-state index contributed by atoms with van der Waals surface area (Å²) in [5, 5.41) is 5.66. The first-order chi connectivity index (χ1) is 12.4. The zero-order valence-corrected chi connectivity index (χ0v) is 15.3. The van der Waals surface area contributed by atoms with Gasteiger partial charge in [-0.1, -0.05) is 41.4 Å². The summed E-state index contributed by atoms with van der Waals surface area (Å²) < 4.78 is 5.00. The van der Waals surface area contributed by atoms with Gasteiger partial charge in [0.2, 0.25) is 0 Å². The maximum Gasteiger partial charge on any atom is 0.326 e. The maximum absolute atomic E-state index is 12.1. The number of amides is 2. The van der Waals surface area contributed by atoms with E-state index in [0.717, 1.165) is 0 Å². The summed E-state index contributed by atoms with van der Waals surface area (Å²) in [6.07, 6.45) is -1.07. The molecule has 136 valence electrons. The van der Waals surface area contributed by atoms with Crippen molar-refractivity contribution in [3.05, 3.63) is 64.1 Å². The molecule has 0 saturated heterocycles. The van der Waals surface area contributed by atoms with Gasteiger partial charge in [0.1, 0.15) is 6.54 Å². The van der Waals surface area contributed by atoms with Gasteiger partial charge >= 0.3 is 5.97 Å². The number of rotatable bonds is 6. The van der Waals surface area contributed by atoms with Crippen LogP contribution in [0, 0.1) is 0 Å². The monoisotopic (exact) mass is 394 g/mol. The van der Waals surface area contributed by atoms with E-state index in [1.54, 1.807) is 36.4 Å². The second-order valence-corrected chi connectivity index (χ2v) is 6.14. The Labute approximate surface area is 160 Å². The van der Waals surface area contributed by atoms with Crippen LogP contribution in [0.2, 0.25) is 10.0 Å². The van der Waals surface area contributed by atoms with Gasteiger partial charge in [0.15, 0.2) is 6.10 Å². The normalized spacial score (nSPS) is 11.3. The van der Waals surface area contributed by atoms with E-state index in [9.17, 15) is 14.4 Å². The van der Waals surface area contributed by atoms with Crippen LogP contribution in [0.3, 0.4) is 0 Å². The van der Waals surface area contributed by atoms with Crippen molar-refractivity contribution in [1.29, 1.82) is 0 Å². The molecule has 0 bridgehead atoms. The molecule has 2 amide bonds. The fraction of sp³-hybridized carbons (Fsp3) is 0.167. The van der Waals surface area contributed by atoms with Crippen LogP contribution in [-0.4, -0.2) is 30.4 Å². The second-order valence-electron chi connectivity index (χ2n) is 5.29. The number of ether oxygens (including phenoxy) is 1. The number of hydrogen-bond acceptors (Lipinski definition) is 4. The van der Waals surface area contributed by atoms with Crippen LogP contribution in [-0.2, 0) is 14.3 Å². The average Bonchev–Trinajstić information content (AvgIpc) is 2.62. The Morgan fingerprint density at radius 3 is 2.42 bits per heavy atom. The third-order valence-corrected chi connectivity index (χ3v) is 3.84. The first-order valence-electron chi connectivity index (χ1n) is 7.65. The highest BCUT2D eigenvalue weighted by atomic mass is 35.5. The standard InChI is InChI=1S/C18H16Cl2N2O4/c1-11(17(24)22-15-8-7-13(19)9-14(15)20)26-16(23)10-21-18(25)12-5-3-2-4-6-12/h2-9,11H,10H2,1H3,(H,21,25)(H,22,24)/t11-/m0/s1. The smallest absolute Gasteiger partial charge is 0.326 e. The molecule has 2 N–H and O–H groups in total. The van der Waals surface area contributed by atoms with E-state index in [2.05, 4.69) is 10.6 Å². The Balaban J connectivity index is 1.82. The van der Waals surface area contributed by atoms with Crippen molar-refractivity contribution in [1.82, 2.24) is 5.32 Å². The number of carbonyl (C=O) groups excluding carboxylic acids is 3. The molecule has 0 aliphatic heterocycles. The van der Waals surface area contributed by atoms with Crippen LogP contribution in [0.15, 0.2) is 48.5 Å². The molecule has 0 saturated carbocycles. The molecule has 2 rings (SSSR count). The van der Waals surface area contributed by atoms with E-state index in [-0.39, 0.29) is 11.6 Å². The molecular formula is C18H16Cl2N2O4. The Bertz CT molecular complexity index is 812. The summed E-state index contributed by atoms with van der Waals surface area (Å²) >= 11 is 11.8. The van der Waals surface area contributed by atoms with E-state index in [1.807, 2.05) is 0 Å². The second kappa shape index (κ2) is 9.22. The van der Waals surface area contributed by atoms with Crippen LogP contribution < -0.4 is 10.6 Å². The lowest BCUT2D eigenvalue weighted by molar-refractivity contribution is -0.152. The molecule has 26 heavy (non-hydrogen) atoms. The van der Waals surface area contributed by atoms with Crippen LogP contribution in [0.5, 0.6) is 0 Å². The fourth-order valence-corrected chi connectivity index (χ4v) is 2.42.